The molecule has 1 aliphatic heterocycles. The average molecular weight is 283 g/mol. The molecule has 21 heavy (non-hydrogen) atoms. The Labute approximate surface area is 122 Å². The molecule has 0 fully saturated rings. The number of hydrogen-bond donors (Lipinski definition) is 3. The zero-order valence-electron chi connectivity index (χ0n) is 11.8. The monoisotopic (exact) mass is 283 g/mol. The summed E-state index contributed by atoms with van der Waals surface area (Å²) in [6.07, 6.45) is 5.05. The number of carbonyl (C=O) groups is 1. The van der Waals surface area contributed by atoms with Crippen LogP contribution in [0.1, 0.15) is 11.1 Å². The van der Waals surface area contributed by atoms with Crippen LogP contribution in [-0.2, 0) is 11.2 Å². The van der Waals surface area contributed by atoms with Gasteiger partial charge in [0.05, 0.1) is 5.92 Å². The highest BCUT2D eigenvalue weighted by atomic mass is 16.5. The van der Waals surface area contributed by atoms with Crippen LogP contribution in [0.5, 0.6) is 0 Å². The Hall–Kier alpha value is -2.11. The highest BCUT2D eigenvalue weighted by Crippen LogP contribution is 2.40. The van der Waals surface area contributed by atoms with Crippen LogP contribution in [0.3, 0.4) is 0 Å². The smallest absolute Gasteiger partial charge is 0.251 e. The molecule has 1 aliphatic carbocycles. The van der Waals surface area contributed by atoms with Crippen LogP contribution in [0.15, 0.2) is 30.5 Å². The minimum Gasteiger partial charge on any atom is -0.361 e. The number of nitrogens with zero attached hydrogens (tertiary/aromatic N) is 1. The predicted octanol–water partition coefficient (Wildman–Crippen LogP) is 1.54. The lowest BCUT2D eigenvalue weighted by Gasteiger charge is -2.39. The second-order valence-corrected chi connectivity index (χ2v) is 5.91. The number of benzene rings is 1. The van der Waals surface area contributed by atoms with Crippen molar-refractivity contribution < 1.29 is 10.0 Å². The Morgan fingerprint density at radius 3 is 3.14 bits per heavy atom. The molecule has 0 radical (unpaired) electrons. The molecular weight excluding hydrogens is 266 g/mol. The Morgan fingerprint density at radius 2 is 2.33 bits per heavy atom. The van der Waals surface area contributed by atoms with E-state index in [9.17, 15) is 4.79 Å². The standard InChI is InChI=1S/C16H17N3O2/c1-19-8-10(16(20)18-21)5-12-11-3-2-4-13-15(11)9(7-17-13)6-14(12)19/h2-5,7,10,14,17,21H,6,8H2,1H3,(H,18,20)/t10-,14+/m1/s1. The Balaban J connectivity index is 1.91. The molecule has 0 bridgehead atoms. The van der Waals surface area contributed by atoms with E-state index in [-0.39, 0.29) is 11.8 Å². The van der Waals surface area contributed by atoms with Crippen molar-refractivity contribution in [1.29, 1.82) is 0 Å². The third-order valence-electron chi connectivity index (χ3n) is 4.72. The zero-order valence-corrected chi connectivity index (χ0v) is 11.8. The van der Waals surface area contributed by atoms with Crippen molar-refractivity contribution in [3.63, 3.8) is 0 Å². The maximum atomic E-state index is 11.8. The molecule has 2 heterocycles. The maximum Gasteiger partial charge on any atom is 0.251 e. The van der Waals surface area contributed by atoms with Crippen LogP contribution in [0.4, 0.5) is 0 Å². The number of hydrogen-bond acceptors (Lipinski definition) is 3. The van der Waals surface area contributed by atoms with E-state index in [0.717, 1.165) is 11.9 Å². The van der Waals surface area contributed by atoms with Gasteiger partial charge in [0.1, 0.15) is 0 Å². The fraction of sp³-hybridized carbons (Fsp3) is 0.312. The molecule has 1 aromatic heterocycles. The molecule has 1 aromatic carbocycles. The van der Waals surface area contributed by atoms with Crippen molar-refractivity contribution in [2.75, 3.05) is 13.6 Å². The van der Waals surface area contributed by atoms with Crippen LogP contribution in [-0.4, -0.2) is 40.6 Å². The molecule has 3 N–H and O–H groups in total. The van der Waals surface area contributed by atoms with E-state index in [1.807, 2.05) is 19.2 Å². The first-order valence-electron chi connectivity index (χ1n) is 7.14. The van der Waals surface area contributed by atoms with Crippen LogP contribution < -0.4 is 5.48 Å². The molecule has 1 amide bonds. The number of H-pyrrole nitrogens is 1. The number of rotatable bonds is 1. The van der Waals surface area contributed by atoms with E-state index >= 15 is 0 Å². The molecule has 2 aromatic rings. The van der Waals surface area contributed by atoms with Gasteiger partial charge in [-0.2, -0.15) is 0 Å². The third kappa shape index (κ3) is 1.74. The lowest BCUT2D eigenvalue weighted by Crippen LogP contribution is -2.46. The zero-order chi connectivity index (χ0) is 14.6. The summed E-state index contributed by atoms with van der Waals surface area (Å²) in [6.45, 7) is 0.621. The Kier molecular flexibility index (Phi) is 2.67. The van der Waals surface area contributed by atoms with E-state index in [2.05, 4.69) is 28.2 Å². The molecule has 5 heteroatoms. The first kappa shape index (κ1) is 12.6. The first-order valence-corrected chi connectivity index (χ1v) is 7.14. The van der Waals surface area contributed by atoms with Gasteiger partial charge in [-0.3, -0.25) is 14.9 Å². The minimum atomic E-state index is -0.347. The number of aromatic amines is 1. The summed E-state index contributed by atoms with van der Waals surface area (Å²) < 4.78 is 0. The molecule has 0 saturated heterocycles. The molecule has 0 spiro atoms. The third-order valence-corrected chi connectivity index (χ3v) is 4.72. The van der Waals surface area contributed by atoms with Gasteiger partial charge in [-0.25, -0.2) is 5.48 Å². The van der Waals surface area contributed by atoms with Crippen molar-refractivity contribution >= 4 is 22.4 Å². The van der Waals surface area contributed by atoms with Crippen molar-refractivity contribution in [2.24, 2.45) is 5.92 Å². The van der Waals surface area contributed by atoms with Gasteiger partial charge in [-0.1, -0.05) is 18.2 Å². The molecule has 2 aliphatic rings. The molecule has 4 rings (SSSR count). The fourth-order valence-corrected chi connectivity index (χ4v) is 3.70. The van der Waals surface area contributed by atoms with Gasteiger partial charge in [0.15, 0.2) is 0 Å². The van der Waals surface area contributed by atoms with Gasteiger partial charge in [0.2, 0.25) is 0 Å². The van der Waals surface area contributed by atoms with Crippen LogP contribution in [0.25, 0.3) is 16.5 Å². The van der Waals surface area contributed by atoms with Crippen LogP contribution in [0.2, 0.25) is 0 Å². The molecule has 0 saturated carbocycles. The summed E-state index contributed by atoms with van der Waals surface area (Å²) in [5, 5.41) is 10.2. The SMILES string of the molecule is CN1C[C@H](C(=O)NO)C=C2c3cccc4[nH]cc(c34)C[C@@H]21. The summed E-state index contributed by atoms with van der Waals surface area (Å²) in [5.41, 5.74) is 6.63. The van der Waals surface area contributed by atoms with Gasteiger partial charge < -0.3 is 4.98 Å². The van der Waals surface area contributed by atoms with Crippen molar-refractivity contribution in [3.05, 3.63) is 41.6 Å². The largest absolute Gasteiger partial charge is 0.361 e. The average Bonchev–Trinajstić information content (AvgIpc) is 2.92. The van der Waals surface area contributed by atoms with Crippen molar-refractivity contribution in [1.82, 2.24) is 15.4 Å². The predicted molar refractivity (Wildman–Crippen MR) is 79.8 cm³/mol. The van der Waals surface area contributed by atoms with Gasteiger partial charge in [0.25, 0.3) is 5.91 Å². The van der Waals surface area contributed by atoms with Crippen LogP contribution >= 0.6 is 0 Å². The molecule has 0 unspecified atom stereocenters. The number of fused-ring (bicyclic) bond motifs is 2. The molecule has 108 valence electrons. The Morgan fingerprint density at radius 1 is 1.48 bits per heavy atom. The minimum absolute atomic E-state index is 0.293. The highest BCUT2D eigenvalue weighted by Gasteiger charge is 2.35. The van der Waals surface area contributed by atoms with E-state index < -0.39 is 0 Å². The Bertz CT molecular complexity index is 762. The normalized spacial score (nSPS) is 24.6. The van der Waals surface area contributed by atoms with Gasteiger partial charge in [0, 0.05) is 29.7 Å². The molecule has 2 atom stereocenters. The van der Waals surface area contributed by atoms with E-state index in [1.54, 1.807) is 5.48 Å². The summed E-state index contributed by atoms with van der Waals surface area (Å²) in [7, 11) is 2.03. The first-order chi connectivity index (χ1) is 10.2. The van der Waals surface area contributed by atoms with Crippen molar-refractivity contribution in [2.45, 2.75) is 12.5 Å². The van der Waals surface area contributed by atoms with Crippen LogP contribution in [0, 0.1) is 5.92 Å². The maximum absolute atomic E-state index is 11.8. The van der Waals surface area contributed by atoms with Gasteiger partial charge in [-0.15, -0.1) is 0 Å². The lowest BCUT2D eigenvalue weighted by atomic mass is 9.80. The number of nitrogens with one attached hydrogen (secondary N) is 2. The van der Waals surface area contributed by atoms with Gasteiger partial charge in [-0.05, 0) is 36.2 Å². The van der Waals surface area contributed by atoms with Gasteiger partial charge >= 0.3 is 0 Å². The fourth-order valence-electron chi connectivity index (χ4n) is 3.70. The molecular formula is C16H17N3O2. The quantitative estimate of drug-likeness (QED) is 0.549. The van der Waals surface area contributed by atoms with Crippen molar-refractivity contribution in [3.8, 4) is 0 Å². The number of hydroxylamine groups is 1. The number of likely N-dealkylation sites (N-methyl/N-ethyl adjacent to an activating group) is 1. The number of carbonyl (C=O) groups excluding carboxylic acids is 1. The summed E-state index contributed by atoms with van der Waals surface area (Å²) in [4.78, 5) is 17.3. The van der Waals surface area contributed by atoms with E-state index in [1.165, 1.54) is 22.1 Å². The number of amides is 1. The molecule has 5 nitrogen and oxygen atoms in total. The van der Waals surface area contributed by atoms with E-state index in [0.29, 0.717) is 12.6 Å². The lowest BCUT2D eigenvalue weighted by molar-refractivity contribution is -0.132. The topological polar surface area (TPSA) is 68.4 Å². The number of aromatic nitrogens is 1. The summed E-state index contributed by atoms with van der Waals surface area (Å²) in [6, 6.07) is 6.52. The van der Waals surface area contributed by atoms with E-state index in [4.69, 9.17) is 5.21 Å². The second kappa shape index (κ2) is 4.44. The highest BCUT2D eigenvalue weighted by molar-refractivity contribution is 5.99. The summed E-state index contributed by atoms with van der Waals surface area (Å²) >= 11 is 0. The summed E-state index contributed by atoms with van der Waals surface area (Å²) in [5.74, 6) is -0.665. The second-order valence-electron chi connectivity index (χ2n) is 5.91.